The summed E-state index contributed by atoms with van der Waals surface area (Å²) in [7, 11) is 0. The molecule has 21 heavy (non-hydrogen) atoms. The summed E-state index contributed by atoms with van der Waals surface area (Å²) in [5, 5.41) is 3.25. The molecule has 0 aromatic heterocycles. The number of piperazine rings is 1. The highest BCUT2D eigenvalue weighted by Crippen LogP contribution is 2.13. The van der Waals surface area contributed by atoms with Crippen LogP contribution in [0.2, 0.25) is 0 Å². The summed E-state index contributed by atoms with van der Waals surface area (Å²) in [6, 6.07) is 6.87. The normalized spacial score (nSPS) is 18.3. The van der Waals surface area contributed by atoms with Gasteiger partial charge in [-0.1, -0.05) is 6.07 Å². The second kappa shape index (κ2) is 7.08. The fourth-order valence-corrected chi connectivity index (χ4v) is 2.35. The minimum absolute atomic E-state index is 0.0926. The number of nitrogens with two attached hydrogens (primary N) is 1. The molecule has 1 aromatic rings. The highest BCUT2D eigenvalue weighted by Gasteiger charge is 2.22. The van der Waals surface area contributed by atoms with E-state index in [1.165, 1.54) is 0 Å². The zero-order valence-corrected chi connectivity index (χ0v) is 12.2. The molecule has 1 aliphatic heterocycles. The Morgan fingerprint density at radius 3 is 3.00 bits per heavy atom. The van der Waals surface area contributed by atoms with Crippen LogP contribution in [0.15, 0.2) is 24.3 Å². The number of primary amides is 1. The first kappa shape index (κ1) is 15.3. The maximum atomic E-state index is 12.1. The zero-order valence-electron chi connectivity index (χ0n) is 12.2. The van der Waals surface area contributed by atoms with Crippen LogP contribution >= 0.6 is 0 Å². The maximum Gasteiger partial charge on any atom is 0.248 e. The molecule has 1 aromatic carbocycles. The minimum Gasteiger partial charge on any atom is -0.493 e. The van der Waals surface area contributed by atoms with Crippen LogP contribution in [-0.2, 0) is 4.79 Å². The smallest absolute Gasteiger partial charge is 0.248 e. The molecule has 1 unspecified atom stereocenters. The molecule has 3 N–H and O–H groups in total. The van der Waals surface area contributed by atoms with E-state index in [0.29, 0.717) is 17.7 Å². The van der Waals surface area contributed by atoms with Gasteiger partial charge in [0.05, 0.1) is 13.0 Å². The van der Waals surface area contributed by atoms with E-state index in [-0.39, 0.29) is 18.6 Å². The third-order valence-corrected chi connectivity index (χ3v) is 3.52. The lowest BCUT2D eigenvalue weighted by atomic mass is 10.2. The molecule has 0 spiro atoms. The van der Waals surface area contributed by atoms with Gasteiger partial charge in [0.25, 0.3) is 0 Å². The van der Waals surface area contributed by atoms with Gasteiger partial charge in [0.2, 0.25) is 11.8 Å². The number of nitrogens with zero attached hydrogens (tertiary/aromatic N) is 1. The Bertz CT molecular complexity index is 519. The van der Waals surface area contributed by atoms with Gasteiger partial charge < -0.3 is 20.7 Å². The Labute approximate surface area is 124 Å². The van der Waals surface area contributed by atoms with Crippen LogP contribution in [0.3, 0.4) is 0 Å². The molecule has 114 valence electrons. The Morgan fingerprint density at radius 2 is 2.29 bits per heavy atom. The van der Waals surface area contributed by atoms with E-state index in [0.717, 1.165) is 19.6 Å². The van der Waals surface area contributed by atoms with Crippen molar-refractivity contribution in [3.63, 3.8) is 0 Å². The zero-order chi connectivity index (χ0) is 15.2. The number of nitrogens with one attached hydrogen (secondary N) is 1. The second-order valence-corrected chi connectivity index (χ2v) is 5.13. The molecular weight excluding hydrogens is 270 g/mol. The summed E-state index contributed by atoms with van der Waals surface area (Å²) in [6.07, 6.45) is 0.325. The second-order valence-electron chi connectivity index (χ2n) is 5.13. The highest BCUT2D eigenvalue weighted by atomic mass is 16.5. The lowest BCUT2D eigenvalue weighted by molar-refractivity contribution is -0.134. The molecule has 6 heteroatoms. The van der Waals surface area contributed by atoms with Gasteiger partial charge in [-0.05, 0) is 25.1 Å². The molecule has 1 fully saturated rings. The van der Waals surface area contributed by atoms with Crippen molar-refractivity contribution >= 4 is 11.8 Å². The fourth-order valence-electron chi connectivity index (χ4n) is 2.35. The van der Waals surface area contributed by atoms with Gasteiger partial charge in [-0.25, -0.2) is 0 Å². The third-order valence-electron chi connectivity index (χ3n) is 3.52. The van der Waals surface area contributed by atoms with Gasteiger partial charge in [-0.15, -0.1) is 0 Å². The molecule has 0 saturated carbocycles. The Morgan fingerprint density at radius 1 is 1.48 bits per heavy atom. The lowest BCUT2D eigenvalue weighted by Crippen LogP contribution is -2.52. The van der Waals surface area contributed by atoms with Crippen LogP contribution in [0.4, 0.5) is 0 Å². The largest absolute Gasteiger partial charge is 0.493 e. The van der Waals surface area contributed by atoms with E-state index in [4.69, 9.17) is 10.5 Å². The summed E-state index contributed by atoms with van der Waals surface area (Å²) < 4.78 is 5.52. The molecule has 2 amide bonds. The quantitative estimate of drug-likeness (QED) is 0.821. The van der Waals surface area contributed by atoms with Gasteiger partial charge in [-0.2, -0.15) is 0 Å². The predicted molar refractivity (Wildman–Crippen MR) is 79.1 cm³/mol. The third kappa shape index (κ3) is 4.19. The van der Waals surface area contributed by atoms with Crippen LogP contribution in [0, 0.1) is 0 Å². The van der Waals surface area contributed by atoms with Crippen molar-refractivity contribution in [3.8, 4) is 5.75 Å². The monoisotopic (exact) mass is 291 g/mol. The number of carbonyl (C=O) groups is 2. The van der Waals surface area contributed by atoms with E-state index in [9.17, 15) is 9.59 Å². The van der Waals surface area contributed by atoms with Crippen molar-refractivity contribution in [2.24, 2.45) is 5.73 Å². The molecule has 6 nitrogen and oxygen atoms in total. The first-order valence-electron chi connectivity index (χ1n) is 7.11. The van der Waals surface area contributed by atoms with Gasteiger partial charge >= 0.3 is 0 Å². The van der Waals surface area contributed by atoms with Crippen LogP contribution in [-0.4, -0.2) is 49.0 Å². The van der Waals surface area contributed by atoms with Crippen LogP contribution < -0.4 is 15.8 Å². The molecule has 0 bridgehead atoms. The fraction of sp³-hybridized carbons (Fsp3) is 0.467. The first-order valence-corrected chi connectivity index (χ1v) is 7.11. The van der Waals surface area contributed by atoms with E-state index in [2.05, 4.69) is 5.32 Å². The number of carbonyl (C=O) groups excluding carboxylic acids is 2. The van der Waals surface area contributed by atoms with E-state index in [1.54, 1.807) is 24.3 Å². The van der Waals surface area contributed by atoms with E-state index < -0.39 is 5.91 Å². The summed E-state index contributed by atoms with van der Waals surface area (Å²) >= 11 is 0. The SMILES string of the molecule is CC1CNCCN1C(=O)CCOc1cccc(C(N)=O)c1. The topological polar surface area (TPSA) is 84.7 Å². The van der Waals surface area contributed by atoms with Gasteiger partial charge in [0.15, 0.2) is 0 Å². The number of hydrogen-bond acceptors (Lipinski definition) is 4. The molecule has 1 saturated heterocycles. The molecule has 1 atom stereocenters. The summed E-state index contributed by atoms with van der Waals surface area (Å²) in [5.41, 5.74) is 5.61. The average molecular weight is 291 g/mol. The molecule has 1 aliphatic rings. The van der Waals surface area contributed by atoms with E-state index >= 15 is 0 Å². The highest BCUT2D eigenvalue weighted by molar-refractivity contribution is 5.93. The van der Waals surface area contributed by atoms with E-state index in [1.807, 2.05) is 11.8 Å². The summed E-state index contributed by atoms with van der Waals surface area (Å²) in [6.45, 7) is 4.71. The number of hydrogen-bond donors (Lipinski definition) is 2. The minimum atomic E-state index is -0.494. The van der Waals surface area contributed by atoms with Crippen molar-refractivity contribution in [1.82, 2.24) is 10.2 Å². The van der Waals surface area contributed by atoms with Crippen molar-refractivity contribution in [2.75, 3.05) is 26.2 Å². The number of ether oxygens (including phenoxy) is 1. The van der Waals surface area contributed by atoms with Crippen LogP contribution in [0.25, 0.3) is 0 Å². The predicted octanol–water partition coefficient (Wildman–Crippen LogP) is 0.375. The molecular formula is C15H21N3O3. The van der Waals surface area contributed by atoms with Gasteiger partial charge in [0.1, 0.15) is 5.75 Å². The molecule has 1 heterocycles. The lowest BCUT2D eigenvalue weighted by Gasteiger charge is -2.34. The van der Waals surface area contributed by atoms with Crippen molar-refractivity contribution in [2.45, 2.75) is 19.4 Å². The van der Waals surface area contributed by atoms with Crippen LogP contribution in [0.5, 0.6) is 5.75 Å². The van der Waals surface area contributed by atoms with Gasteiger partial charge in [-0.3, -0.25) is 9.59 Å². The first-order chi connectivity index (χ1) is 10.1. The van der Waals surface area contributed by atoms with Crippen molar-refractivity contribution in [3.05, 3.63) is 29.8 Å². The molecule has 2 rings (SSSR count). The van der Waals surface area contributed by atoms with Crippen molar-refractivity contribution < 1.29 is 14.3 Å². The Kier molecular flexibility index (Phi) is 5.16. The Hall–Kier alpha value is -2.08. The molecule has 0 aliphatic carbocycles. The van der Waals surface area contributed by atoms with Crippen molar-refractivity contribution in [1.29, 1.82) is 0 Å². The van der Waals surface area contributed by atoms with Gasteiger partial charge in [0, 0.05) is 31.2 Å². The number of rotatable bonds is 5. The standard InChI is InChI=1S/C15H21N3O3/c1-11-10-17-6-7-18(11)14(19)5-8-21-13-4-2-3-12(9-13)15(16)20/h2-4,9,11,17H,5-8,10H2,1H3,(H2,16,20). The summed E-state index contributed by atoms with van der Waals surface area (Å²) in [4.78, 5) is 25.1. The maximum absolute atomic E-state index is 12.1. The number of amides is 2. The number of benzene rings is 1. The summed E-state index contributed by atoms with van der Waals surface area (Å²) in [5.74, 6) is 0.147. The Balaban J connectivity index is 1.82. The average Bonchev–Trinajstić information content (AvgIpc) is 2.48. The van der Waals surface area contributed by atoms with Crippen LogP contribution in [0.1, 0.15) is 23.7 Å². The molecule has 0 radical (unpaired) electrons.